The molecule has 0 radical (unpaired) electrons. The first-order valence-corrected chi connectivity index (χ1v) is 3.76. The highest BCUT2D eigenvalue weighted by Crippen LogP contribution is 2.28. The van der Waals surface area contributed by atoms with Crippen LogP contribution in [0.15, 0.2) is 18.2 Å². The topological polar surface area (TPSA) is 133 Å². The summed E-state index contributed by atoms with van der Waals surface area (Å²) >= 11 is 0. The average Bonchev–Trinajstić information content (AvgIpc) is 2.15. The number of rotatable bonds is 4. The fourth-order valence-electron chi connectivity index (χ4n) is 1.04. The number of nitrogens with zero attached hydrogens (tertiary/aromatic N) is 2. The van der Waals surface area contributed by atoms with Crippen LogP contribution >= 0.6 is 0 Å². The van der Waals surface area contributed by atoms with E-state index in [2.05, 4.69) is 4.84 Å². The van der Waals surface area contributed by atoms with Crippen molar-refractivity contribution in [2.75, 3.05) is 0 Å². The Hall–Kier alpha value is -2.71. The van der Waals surface area contributed by atoms with Gasteiger partial charge in [0, 0.05) is 6.07 Å². The first kappa shape index (κ1) is 11.4. The summed E-state index contributed by atoms with van der Waals surface area (Å²) in [5.74, 6) is -2.36. The molecule has 0 saturated carbocycles. The smallest absolute Gasteiger partial charge is 0.345 e. The van der Waals surface area contributed by atoms with E-state index in [0.29, 0.717) is 0 Å². The molecule has 0 aliphatic carbocycles. The van der Waals surface area contributed by atoms with E-state index in [4.69, 9.17) is 5.11 Å². The molecule has 0 unspecified atom stereocenters. The number of benzene rings is 1. The fraction of sp³-hybridized carbons (Fsp3) is 0. The molecule has 0 heterocycles. The van der Waals surface area contributed by atoms with Gasteiger partial charge in [-0.3, -0.25) is 15.0 Å². The highest BCUT2D eigenvalue weighted by Gasteiger charge is 2.25. The first-order valence-electron chi connectivity index (χ1n) is 3.76. The Morgan fingerprint density at radius 1 is 1.31 bits per heavy atom. The number of hydrogen-bond donors (Lipinski definition) is 1. The first-order chi connectivity index (χ1) is 7.43. The van der Waals surface area contributed by atoms with E-state index in [-0.39, 0.29) is 0 Å². The second-order valence-corrected chi connectivity index (χ2v) is 2.53. The van der Waals surface area contributed by atoms with Crippen LogP contribution in [0.3, 0.4) is 0 Å². The van der Waals surface area contributed by atoms with Gasteiger partial charge in [-0.25, -0.2) is 4.79 Å². The van der Waals surface area contributed by atoms with Crippen LogP contribution in [0.25, 0.3) is 0 Å². The number of hydrogen-bond acceptors (Lipinski definition) is 6. The lowest BCUT2D eigenvalue weighted by Crippen LogP contribution is -2.10. The van der Waals surface area contributed by atoms with Crippen molar-refractivity contribution in [1.82, 2.24) is 0 Å². The van der Waals surface area contributed by atoms with Gasteiger partial charge in [0.1, 0.15) is 5.75 Å². The SMILES string of the molecule is O=C(O)c1c(O[N+](=O)[O-])cccc1[N+](=O)[O-]. The number of nitro groups is 1. The Bertz CT molecular complexity index is 470. The second kappa shape index (κ2) is 4.21. The van der Waals surface area contributed by atoms with Gasteiger partial charge in [-0.2, -0.15) is 0 Å². The lowest BCUT2D eigenvalue weighted by atomic mass is 10.1. The molecule has 84 valence electrons. The summed E-state index contributed by atoms with van der Waals surface area (Å²) in [6.07, 6.45) is 0. The maximum Gasteiger partial charge on any atom is 0.345 e. The van der Waals surface area contributed by atoms with Gasteiger partial charge in [-0.15, -0.1) is 10.1 Å². The van der Waals surface area contributed by atoms with Crippen molar-refractivity contribution in [3.8, 4) is 5.75 Å². The zero-order chi connectivity index (χ0) is 12.3. The largest absolute Gasteiger partial charge is 0.477 e. The van der Waals surface area contributed by atoms with Crippen molar-refractivity contribution in [1.29, 1.82) is 0 Å². The van der Waals surface area contributed by atoms with Crippen molar-refractivity contribution in [2.24, 2.45) is 0 Å². The van der Waals surface area contributed by atoms with Crippen LogP contribution in [0, 0.1) is 20.2 Å². The van der Waals surface area contributed by atoms with E-state index in [1.807, 2.05) is 0 Å². The maximum atomic E-state index is 10.7. The van der Waals surface area contributed by atoms with Gasteiger partial charge < -0.3 is 5.11 Å². The van der Waals surface area contributed by atoms with Crippen LogP contribution < -0.4 is 4.84 Å². The summed E-state index contributed by atoms with van der Waals surface area (Å²) in [6.45, 7) is 0. The normalized spacial score (nSPS) is 9.50. The lowest BCUT2D eigenvalue weighted by Gasteiger charge is -2.03. The maximum absolute atomic E-state index is 10.7. The molecule has 0 aliphatic rings. The van der Waals surface area contributed by atoms with Crippen molar-refractivity contribution < 1.29 is 24.7 Å². The van der Waals surface area contributed by atoms with E-state index in [9.17, 15) is 25.0 Å². The van der Waals surface area contributed by atoms with Crippen LogP contribution in [0.4, 0.5) is 5.69 Å². The quantitative estimate of drug-likeness (QED) is 0.596. The Morgan fingerprint density at radius 2 is 1.94 bits per heavy atom. The third kappa shape index (κ3) is 2.20. The third-order valence-electron chi connectivity index (χ3n) is 1.59. The third-order valence-corrected chi connectivity index (χ3v) is 1.59. The fourth-order valence-corrected chi connectivity index (χ4v) is 1.04. The summed E-state index contributed by atoms with van der Waals surface area (Å²) in [5.41, 5.74) is -1.63. The molecule has 0 fully saturated rings. The monoisotopic (exact) mass is 228 g/mol. The van der Waals surface area contributed by atoms with Crippen molar-refractivity contribution in [3.05, 3.63) is 44.0 Å². The van der Waals surface area contributed by atoms with E-state index in [1.165, 1.54) is 0 Å². The van der Waals surface area contributed by atoms with Crippen LogP contribution in [0.2, 0.25) is 0 Å². The minimum atomic E-state index is -1.68. The van der Waals surface area contributed by atoms with Crippen LogP contribution in [0.5, 0.6) is 5.75 Å². The van der Waals surface area contributed by atoms with Crippen molar-refractivity contribution in [3.63, 3.8) is 0 Å². The number of carbonyl (C=O) groups is 1. The highest BCUT2D eigenvalue weighted by molar-refractivity contribution is 5.95. The predicted octanol–water partition coefficient (Wildman–Crippen LogP) is 0.863. The molecular formula is C7H4N2O7. The Balaban J connectivity index is 3.38. The van der Waals surface area contributed by atoms with E-state index in [0.717, 1.165) is 18.2 Å². The summed E-state index contributed by atoms with van der Waals surface area (Å²) < 4.78 is 0. The van der Waals surface area contributed by atoms with Crippen LogP contribution in [-0.2, 0) is 0 Å². The van der Waals surface area contributed by atoms with Crippen LogP contribution in [0.1, 0.15) is 10.4 Å². The molecule has 1 aromatic rings. The summed E-state index contributed by atoms with van der Waals surface area (Å²) in [4.78, 5) is 34.2. The van der Waals surface area contributed by atoms with Gasteiger partial charge in [-0.1, -0.05) is 6.07 Å². The zero-order valence-corrected chi connectivity index (χ0v) is 7.52. The molecule has 1 rings (SSSR count). The van der Waals surface area contributed by atoms with Gasteiger partial charge in [0.15, 0.2) is 5.56 Å². The van der Waals surface area contributed by atoms with Crippen LogP contribution in [-0.4, -0.2) is 21.1 Å². The molecule has 16 heavy (non-hydrogen) atoms. The number of aromatic carboxylic acids is 1. The molecule has 0 aliphatic heterocycles. The number of nitro benzene ring substituents is 1. The molecule has 0 saturated heterocycles. The minimum absolute atomic E-state index is 0.688. The lowest BCUT2D eigenvalue weighted by molar-refractivity contribution is -0.711. The number of carboxylic acids is 1. The Morgan fingerprint density at radius 3 is 2.38 bits per heavy atom. The Kier molecular flexibility index (Phi) is 2.99. The van der Waals surface area contributed by atoms with Gasteiger partial charge >= 0.3 is 5.97 Å². The molecule has 1 N–H and O–H groups in total. The molecule has 1 aromatic carbocycles. The van der Waals surface area contributed by atoms with Crippen molar-refractivity contribution >= 4 is 11.7 Å². The average molecular weight is 228 g/mol. The van der Waals surface area contributed by atoms with Gasteiger partial charge in [0.05, 0.1) is 4.92 Å². The second-order valence-electron chi connectivity index (χ2n) is 2.53. The Labute approximate surface area is 87.1 Å². The minimum Gasteiger partial charge on any atom is -0.477 e. The van der Waals surface area contributed by atoms with E-state index in [1.54, 1.807) is 0 Å². The van der Waals surface area contributed by atoms with Crippen molar-refractivity contribution in [2.45, 2.75) is 0 Å². The summed E-state index contributed by atoms with van der Waals surface area (Å²) in [5, 5.41) is 28.0. The van der Waals surface area contributed by atoms with Gasteiger partial charge in [0.25, 0.3) is 10.8 Å². The standard InChI is InChI=1S/C7H4N2O7/c10-7(11)6-4(8(12)13)2-1-3-5(6)16-9(14)15/h1-3H,(H,10,11). The van der Waals surface area contributed by atoms with Gasteiger partial charge in [-0.05, 0) is 6.07 Å². The molecule has 0 spiro atoms. The van der Waals surface area contributed by atoms with E-state index < -0.39 is 33.0 Å². The van der Waals surface area contributed by atoms with Gasteiger partial charge in [0.2, 0.25) is 0 Å². The molecular weight excluding hydrogens is 224 g/mol. The zero-order valence-electron chi connectivity index (χ0n) is 7.52. The molecule has 0 atom stereocenters. The number of carboxylic acid groups (broad SMARTS) is 1. The predicted molar refractivity (Wildman–Crippen MR) is 47.7 cm³/mol. The molecule has 9 heteroatoms. The highest BCUT2D eigenvalue weighted by atomic mass is 17.0. The van der Waals surface area contributed by atoms with E-state index >= 15 is 0 Å². The summed E-state index contributed by atoms with van der Waals surface area (Å²) in [7, 11) is 0. The summed E-state index contributed by atoms with van der Waals surface area (Å²) in [6, 6.07) is 2.96. The molecule has 0 amide bonds. The molecule has 0 bridgehead atoms. The molecule has 0 aromatic heterocycles. The molecule has 9 nitrogen and oxygen atoms in total.